The predicted octanol–water partition coefficient (Wildman–Crippen LogP) is 9.09. The van der Waals surface area contributed by atoms with E-state index in [0.29, 0.717) is 0 Å². The van der Waals surface area contributed by atoms with E-state index in [0.717, 1.165) is 12.5 Å². The van der Waals surface area contributed by atoms with Crippen LogP contribution < -0.4 is 0 Å². The van der Waals surface area contributed by atoms with Gasteiger partial charge in [0.15, 0.2) is 0 Å². The molecule has 1 unspecified atom stereocenters. The van der Waals surface area contributed by atoms with E-state index in [9.17, 15) is 0 Å². The fourth-order valence-electron chi connectivity index (χ4n) is 3.84. The highest BCUT2D eigenvalue weighted by molar-refractivity contribution is 4.92. The largest absolute Gasteiger partial charge is 0.306 e. The Kier molecular flexibility index (Phi) is 22.3. The highest BCUT2D eigenvalue weighted by Gasteiger charge is 2.10. The number of allylic oxidation sites excluding steroid dienone is 4. The summed E-state index contributed by atoms with van der Waals surface area (Å²) in [5.41, 5.74) is 0. The summed E-state index contributed by atoms with van der Waals surface area (Å²) >= 11 is 0. The van der Waals surface area contributed by atoms with Gasteiger partial charge in [0.05, 0.1) is 0 Å². The number of hydrogen-bond acceptors (Lipinski definition) is 1. The molecule has 0 aromatic heterocycles. The molecule has 0 N–H and O–H groups in total. The Labute approximate surface area is 179 Å². The summed E-state index contributed by atoms with van der Waals surface area (Å²) in [4.78, 5) is 2.45. The predicted molar refractivity (Wildman–Crippen MR) is 130 cm³/mol. The fraction of sp³-hybridized carbons (Fsp3) is 0.852. The number of unbranched alkanes of at least 4 members (excludes halogenated alkanes) is 12. The SMILES string of the molecule is CCCCC/C=C\CC=CCCCCCCCCCC(CCCCC)N(C)C. The van der Waals surface area contributed by atoms with E-state index < -0.39 is 0 Å². The van der Waals surface area contributed by atoms with Crippen molar-refractivity contribution in [3.63, 3.8) is 0 Å². The van der Waals surface area contributed by atoms with Crippen molar-refractivity contribution < 1.29 is 0 Å². The van der Waals surface area contributed by atoms with Crippen molar-refractivity contribution in [1.82, 2.24) is 4.90 Å². The van der Waals surface area contributed by atoms with Crippen LogP contribution in [0.2, 0.25) is 0 Å². The third-order valence-corrected chi connectivity index (χ3v) is 5.86. The van der Waals surface area contributed by atoms with Gasteiger partial charge < -0.3 is 4.90 Å². The van der Waals surface area contributed by atoms with Crippen LogP contribution in [0, 0.1) is 0 Å². The molecule has 0 bridgehead atoms. The van der Waals surface area contributed by atoms with Crippen LogP contribution in [-0.4, -0.2) is 25.0 Å². The summed E-state index contributed by atoms with van der Waals surface area (Å²) in [7, 11) is 4.52. The van der Waals surface area contributed by atoms with Gasteiger partial charge >= 0.3 is 0 Å². The molecule has 0 rings (SSSR count). The normalized spacial score (nSPS) is 13.3. The molecule has 1 atom stereocenters. The lowest BCUT2D eigenvalue weighted by Crippen LogP contribution is -2.27. The molecule has 0 aliphatic heterocycles. The van der Waals surface area contributed by atoms with Gasteiger partial charge in [-0.25, -0.2) is 0 Å². The molecule has 0 aliphatic carbocycles. The Hall–Kier alpha value is -0.560. The molecule has 1 heteroatoms. The number of rotatable bonds is 21. The van der Waals surface area contributed by atoms with E-state index in [4.69, 9.17) is 0 Å². The maximum atomic E-state index is 2.45. The average Bonchev–Trinajstić information content (AvgIpc) is 2.68. The quantitative estimate of drug-likeness (QED) is 0.139. The first-order valence-corrected chi connectivity index (χ1v) is 12.7. The summed E-state index contributed by atoms with van der Waals surface area (Å²) in [6.45, 7) is 4.57. The molecule has 0 heterocycles. The lowest BCUT2D eigenvalue weighted by Gasteiger charge is -2.24. The van der Waals surface area contributed by atoms with Gasteiger partial charge in [-0.1, -0.05) is 109 Å². The molecular weight excluding hydrogens is 338 g/mol. The molecule has 0 saturated carbocycles. The third-order valence-electron chi connectivity index (χ3n) is 5.86. The van der Waals surface area contributed by atoms with Gasteiger partial charge in [0.25, 0.3) is 0 Å². The maximum absolute atomic E-state index is 2.45. The van der Waals surface area contributed by atoms with Crippen molar-refractivity contribution in [2.75, 3.05) is 14.1 Å². The van der Waals surface area contributed by atoms with Crippen LogP contribution in [0.1, 0.15) is 129 Å². The molecule has 0 aromatic rings. The van der Waals surface area contributed by atoms with E-state index in [2.05, 4.69) is 57.1 Å². The molecule has 0 spiro atoms. The second-order valence-electron chi connectivity index (χ2n) is 8.84. The van der Waals surface area contributed by atoms with E-state index in [1.54, 1.807) is 0 Å². The molecule has 0 radical (unpaired) electrons. The first kappa shape index (κ1) is 27.4. The Bertz CT molecular complexity index is 342. The molecule has 0 saturated heterocycles. The Balaban J connectivity index is 3.39. The van der Waals surface area contributed by atoms with Gasteiger partial charge in [0.1, 0.15) is 0 Å². The minimum Gasteiger partial charge on any atom is -0.306 e. The molecule has 0 aliphatic rings. The minimum atomic E-state index is 0.810. The molecule has 166 valence electrons. The van der Waals surface area contributed by atoms with Gasteiger partial charge in [-0.3, -0.25) is 0 Å². The van der Waals surface area contributed by atoms with Crippen LogP contribution in [0.25, 0.3) is 0 Å². The van der Waals surface area contributed by atoms with E-state index in [-0.39, 0.29) is 0 Å². The minimum absolute atomic E-state index is 0.810. The van der Waals surface area contributed by atoms with Gasteiger partial charge in [-0.15, -0.1) is 0 Å². The number of nitrogens with zero attached hydrogens (tertiary/aromatic N) is 1. The molecular formula is C27H53N. The van der Waals surface area contributed by atoms with Crippen molar-refractivity contribution in [3.8, 4) is 0 Å². The van der Waals surface area contributed by atoms with Crippen molar-refractivity contribution in [3.05, 3.63) is 24.3 Å². The molecule has 1 nitrogen and oxygen atoms in total. The van der Waals surface area contributed by atoms with Crippen molar-refractivity contribution in [2.24, 2.45) is 0 Å². The van der Waals surface area contributed by atoms with Crippen LogP contribution in [0.4, 0.5) is 0 Å². The summed E-state index contributed by atoms with van der Waals surface area (Å²) in [6, 6.07) is 0.810. The Morgan fingerprint density at radius 1 is 0.536 bits per heavy atom. The monoisotopic (exact) mass is 391 g/mol. The summed E-state index contributed by atoms with van der Waals surface area (Å²) in [5.74, 6) is 0. The highest BCUT2D eigenvalue weighted by Crippen LogP contribution is 2.16. The lowest BCUT2D eigenvalue weighted by molar-refractivity contribution is 0.252. The van der Waals surface area contributed by atoms with Gasteiger partial charge in [0.2, 0.25) is 0 Å². The number of hydrogen-bond donors (Lipinski definition) is 0. The van der Waals surface area contributed by atoms with E-state index in [1.165, 1.54) is 109 Å². The average molecular weight is 392 g/mol. The van der Waals surface area contributed by atoms with Gasteiger partial charge in [-0.05, 0) is 59.0 Å². The van der Waals surface area contributed by atoms with Crippen LogP contribution in [0.3, 0.4) is 0 Å². The van der Waals surface area contributed by atoms with Crippen LogP contribution in [0.5, 0.6) is 0 Å². The van der Waals surface area contributed by atoms with Crippen LogP contribution in [0.15, 0.2) is 24.3 Å². The molecule has 0 fully saturated rings. The summed E-state index contributed by atoms with van der Waals surface area (Å²) in [6.07, 6.45) is 34.0. The maximum Gasteiger partial charge on any atom is 0.00891 e. The molecule has 0 aromatic carbocycles. The highest BCUT2D eigenvalue weighted by atomic mass is 15.1. The van der Waals surface area contributed by atoms with Gasteiger partial charge in [0, 0.05) is 6.04 Å². The smallest absolute Gasteiger partial charge is 0.00891 e. The fourth-order valence-corrected chi connectivity index (χ4v) is 3.84. The zero-order chi connectivity index (χ0) is 20.7. The van der Waals surface area contributed by atoms with Crippen LogP contribution >= 0.6 is 0 Å². The van der Waals surface area contributed by atoms with E-state index in [1.807, 2.05) is 0 Å². The Morgan fingerprint density at radius 2 is 0.964 bits per heavy atom. The lowest BCUT2D eigenvalue weighted by atomic mass is 10.00. The topological polar surface area (TPSA) is 3.24 Å². The van der Waals surface area contributed by atoms with Gasteiger partial charge in [-0.2, -0.15) is 0 Å². The first-order valence-electron chi connectivity index (χ1n) is 12.7. The summed E-state index contributed by atoms with van der Waals surface area (Å²) in [5, 5.41) is 0. The van der Waals surface area contributed by atoms with Crippen molar-refractivity contribution in [2.45, 2.75) is 135 Å². The zero-order valence-corrected chi connectivity index (χ0v) is 20.1. The summed E-state index contributed by atoms with van der Waals surface area (Å²) < 4.78 is 0. The standard InChI is InChI=1S/C27H53N/c1-5-7-9-10-11-12-13-14-15-16-17-18-19-20-21-22-24-26-27(28(3)4)25-23-8-6-2/h11-12,14-15,27H,5-10,13,16-26H2,1-4H3/b12-11-,15-14?. The molecule has 28 heavy (non-hydrogen) atoms. The molecule has 0 amide bonds. The third kappa shape index (κ3) is 20.2. The zero-order valence-electron chi connectivity index (χ0n) is 20.1. The van der Waals surface area contributed by atoms with Crippen molar-refractivity contribution >= 4 is 0 Å². The van der Waals surface area contributed by atoms with Crippen LogP contribution in [-0.2, 0) is 0 Å². The second kappa shape index (κ2) is 22.7. The Morgan fingerprint density at radius 3 is 1.50 bits per heavy atom. The van der Waals surface area contributed by atoms with Crippen molar-refractivity contribution in [1.29, 1.82) is 0 Å². The first-order chi connectivity index (χ1) is 13.7. The van der Waals surface area contributed by atoms with E-state index >= 15 is 0 Å². The second-order valence-corrected chi connectivity index (χ2v) is 8.84.